The maximum absolute atomic E-state index is 13.4. The highest BCUT2D eigenvalue weighted by atomic mass is 19.4. The van der Waals surface area contributed by atoms with E-state index >= 15 is 0 Å². The van der Waals surface area contributed by atoms with Crippen LogP contribution in [0, 0.1) is 5.82 Å². The molecule has 1 heterocycles. The van der Waals surface area contributed by atoms with E-state index in [1.165, 1.54) is 18.2 Å². The van der Waals surface area contributed by atoms with Gasteiger partial charge in [-0.1, -0.05) is 6.07 Å². The van der Waals surface area contributed by atoms with Crippen molar-refractivity contribution in [2.24, 2.45) is 4.99 Å². The lowest BCUT2D eigenvalue weighted by molar-refractivity contribution is -0.137. The number of carbonyl (C=O) groups is 1. The third-order valence-corrected chi connectivity index (χ3v) is 4.27. The number of nitrogens with one attached hydrogen (secondary N) is 2. The highest BCUT2D eigenvalue weighted by molar-refractivity contribution is 6.09. The van der Waals surface area contributed by atoms with Crippen LogP contribution in [0.15, 0.2) is 53.5 Å². The summed E-state index contributed by atoms with van der Waals surface area (Å²) in [4.78, 5) is 16.7. The third-order valence-electron chi connectivity index (χ3n) is 4.27. The van der Waals surface area contributed by atoms with Crippen LogP contribution in [0.25, 0.3) is 0 Å². The summed E-state index contributed by atoms with van der Waals surface area (Å²) in [5.74, 6) is -1.06. The Balaban J connectivity index is 1.74. The number of hydrogen-bond donors (Lipinski definition) is 2. The number of benzene rings is 2. The van der Waals surface area contributed by atoms with Crippen molar-refractivity contribution in [1.29, 1.82) is 0 Å². The topological polar surface area (TPSA) is 62.7 Å². The van der Waals surface area contributed by atoms with Gasteiger partial charge in [0.2, 0.25) is 5.96 Å². The van der Waals surface area contributed by atoms with Gasteiger partial charge in [-0.15, -0.1) is 0 Å². The molecule has 1 amide bonds. The SMILES string of the molecule is O=C(NC(=NC[C@H]1CCCO1)Nc1cccc(F)c1)c1ccc(C(F)(F)F)cc1. The van der Waals surface area contributed by atoms with Gasteiger partial charge < -0.3 is 10.1 Å². The van der Waals surface area contributed by atoms with Gasteiger partial charge in [0.25, 0.3) is 5.91 Å². The van der Waals surface area contributed by atoms with Crippen molar-refractivity contribution in [2.45, 2.75) is 25.1 Å². The molecular weight excluding hydrogens is 390 g/mol. The Morgan fingerprint density at radius 2 is 1.93 bits per heavy atom. The van der Waals surface area contributed by atoms with Crippen LogP contribution in [0.1, 0.15) is 28.8 Å². The summed E-state index contributed by atoms with van der Waals surface area (Å²) in [5, 5.41) is 5.35. The highest BCUT2D eigenvalue weighted by Crippen LogP contribution is 2.29. The normalized spacial score (nSPS) is 17.2. The molecule has 0 spiro atoms. The molecule has 2 N–H and O–H groups in total. The molecule has 3 rings (SSSR count). The number of carbonyl (C=O) groups excluding carboxylic acids is 1. The molecule has 0 aromatic heterocycles. The molecular formula is C20H19F4N3O2. The predicted octanol–water partition coefficient (Wildman–Crippen LogP) is 4.22. The van der Waals surface area contributed by atoms with Crippen molar-refractivity contribution < 1.29 is 27.1 Å². The van der Waals surface area contributed by atoms with Gasteiger partial charge in [0.15, 0.2) is 0 Å². The van der Waals surface area contributed by atoms with Gasteiger partial charge in [-0.05, 0) is 55.3 Å². The molecule has 5 nitrogen and oxygen atoms in total. The van der Waals surface area contributed by atoms with Gasteiger partial charge in [-0.25, -0.2) is 9.38 Å². The quantitative estimate of drug-likeness (QED) is 0.452. The minimum Gasteiger partial charge on any atom is -0.376 e. The lowest BCUT2D eigenvalue weighted by Gasteiger charge is -2.14. The number of alkyl halides is 3. The summed E-state index contributed by atoms with van der Waals surface area (Å²) in [6.45, 7) is 0.926. The van der Waals surface area contributed by atoms with Crippen LogP contribution in [0.3, 0.4) is 0 Å². The summed E-state index contributed by atoms with van der Waals surface area (Å²) in [7, 11) is 0. The van der Waals surface area contributed by atoms with E-state index in [1.807, 2.05) is 0 Å². The number of rotatable bonds is 4. The highest BCUT2D eigenvalue weighted by Gasteiger charge is 2.30. The first kappa shape index (κ1) is 20.8. The van der Waals surface area contributed by atoms with E-state index in [9.17, 15) is 22.4 Å². The average molecular weight is 409 g/mol. The second-order valence-corrected chi connectivity index (χ2v) is 6.49. The fraction of sp³-hybridized carbons (Fsp3) is 0.300. The molecule has 29 heavy (non-hydrogen) atoms. The van der Waals surface area contributed by atoms with Gasteiger partial charge >= 0.3 is 6.18 Å². The van der Waals surface area contributed by atoms with Crippen molar-refractivity contribution in [1.82, 2.24) is 5.32 Å². The first-order chi connectivity index (χ1) is 13.8. The monoisotopic (exact) mass is 409 g/mol. The van der Waals surface area contributed by atoms with Crippen LogP contribution >= 0.6 is 0 Å². The fourth-order valence-electron chi connectivity index (χ4n) is 2.78. The standard InChI is InChI=1S/C20H19F4N3O2/c21-15-3-1-4-16(11-15)26-19(25-12-17-5-2-10-29-17)27-18(28)13-6-8-14(9-7-13)20(22,23)24/h1,3-4,6-9,11,17H,2,5,10,12H2,(H2,25,26,27,28)/t17-/m1/s1. The summed E-state index contributed by atoms with van der Waals surface area (Å²) in [6.07, 6.45) is -2.81. The van der Waals surface area contributed by atoms with Crippen LogP contribution in [-0.4, -0.2) is 31.1 Å². The van der Waals surface area contributed by atoms with Crippen LogP contribution in [0.2, 0.25) is 0 Å². The van der Waals surface area contributed by atoms with Gasteiger partial charge in [-0.3, -0.25) is 10.1 Å². The Kier molecular flexibility index (Phi) is 6.48. The number of nitrogens with zero attached hydrogens (tertiary/aromatic N) is 1. The van der Waals surface area contributed by atoms with Crippen molar-refractivity contribution in [3.8, 4) is 0 Å². The number of anilines is 1. The molecule has 0 aliphatic carbocycles. The first-order valence-corrected chi connectivity index (χ1v) is 8.98. The molecule has 0 bridgehead atoms. The summed E-state index contributed by atoms with van der Waals surface area (Å²) < 4.78 is 57.0. The number of hydrogen-bond acceptors (Lipinski definition) is 3. The molecule has 0 radical (unpaired) electrons. The zero-order chi connectivity index (χ0) is 20.9. The fourth-order valence-corrected chi connectivity index (χ4v) is 2.78. The Morgan fingerprint density at radius 1 is 1.17 bits per heavy atom. The van der Waals surface area contributed by atoms with E-state index in [4.69, 9.17) is 4.74 Å². The van der Waals surface area contributed by atoms with Crippen LogP contribution in [-0.2, 0) is 10.9 Å². The predicted molar refractivity (Wildman–Crippen MR) is 100 cm³/mol. The average Bonchev–Trinajstić information content (AvgIpc) is 3.19. The number of halogens is 4. The van der Waals surface area contributed by atoms with E-state index in [-0.39, 0.29) is 24.2 Å². The van der Waals surface area contributed by atoms with Crippen LogP contribution < -0.4 is 10.6 Å². The van der Waals surface area contributed by atoms with E-state index < -0.39 is 23.5 Å². The molecule has 2 aromatic rings. The number of ether oxygens (including phenoxy) is 1. The van der Waals surface area contributed by atoms with E-state index in [0.29, 0.717) is 12.3 Å². The first-order valence-electron chi connectivity index (χ1n) is 8.98. The second kappa shape index (κ2) is 9.04. The summed E-state index contributed by atoms with van der Waals surface area (Å²) in [5.41, 5.74) is -0.452. The van der Waals surface area contributed by atoms with E-state index in [1.54, 1.807) is 6.07 Å². The molecule has 0 saturated carbocycles. The third kappa shape index (κ3) is 6.02. The molecule has 1 fully saturated rings. The molecule has 2 aromatic carbocycles. The zero-order valence-electron chi connectivity index (χ0n) is 15.3. The minimum absolute atomic E-state index is 0.0314. The Bertz CT molecular complexity index is 876. The zero-order valence-corrected chi connectivity index (χ0v) is 15.3. The van der Waals surface area contributed by atoms with Crippen molar-refractivity contribution >= 4 is 17.6 Å². The minimum atomic E-state index is -4.48. The van der Waals surface area contributed by atoms with E-state index in [0.717, 1.165) is 37.1 Å². The van der Waals surface area contributed by atoms with E-state index in [2.05, 4.69) is 15.6 Å². The summed E-state index contributed by atoms with van der Waals surface area (Å²) >= 11 is 0. The van der Waals surface area contributed by atoms with Gasteiger partial charge in [0.1, 0.15) is 5.82 Å². The summed E-state index contributed by atoms with van der Waals surface area (Å²) in [6, 6.07) is 9.41. The van der Waals surface area contributed by atoms with Gasteiger partial charge in [0.05, 0.1) is 18.2 Å². The lowest BCUT2D eigenvalue weighted by Crippen LogP contribution is -2.36. The van der Waals surface area contributed by atoms with Crippen molar-refractivity contribution in [2.75, 3.05) is 18.5 Å². The number of aliphatic imine (C=N–C) groups is 1. The number of guanidine groups is 1. The Morgan fingerprint density at radius 3 is 2.55 bits per heavy atom. The maximum Gasteiger partial charge on any atom is 0.416 e. The molecule has 1 aliphatic rings. The molecule has 1 aliphatic heterocycles. The lowest BCUT2D eigenvalue weighted by atomic mass is 10.1. The molecule has 9 heteroatoms. The molecule has 1 atom stereocenters. The van der Waals surface area contributed by atoms with Crippen LogP contribution in [0.4, 0.5) is 23.2 Å². The Hall–Kier alpha value is -2.94. The molecule has 1 saturated heterocycles. The smallest absolute Gasteiger partial charge is 0.376 e. The largest absolute Gasteiger partial charge is 0.416 e. The maximum atomic E-state index is 13.4. The Labute approximate surface area is 164 Å². The van der Waals surface area contributed by atoms with Crippen molar-refractivity contribution in [3.63, 3.8) is 0 Å². The van der Waals surface area contributed by atoms with Crippen LogP contribution in [0.5, 0.6) is 0 Å². The molecule has 154 valence electrons. The molecule has 0 unspecified atom stereocenters. The second-order valence-electron chi connectivity index (χ2n) is 6.49. The van der Waals surface area contributed by atoms with Crippen molar-refractivity contribution in [3.05, 3.63) is 65.5 Å². The van der Waals surface area contributed by atoms with Gasteiger partial charge in [0, 0.05) is 17.9 Å². The van der Waals surface area contributed by atoms with Gasteiger partial charge in [-0.2, -0.15) is 13.2 Å². The number of amides is 1.